The van der Waals surface area contributed by atoms with Gasteiger partial charge >= 0.3 is 5.97 Å². The lowest BCUT2D eigenvalue weighted by atomic mass is 9.99. The van der Waals surface area contributed by atoms with Crippen molar-refractivity contribution in [3.8, 4) is 0 Å². The first kappa shape index (κ1) is 19.9. The van der Waals surface area contributed by atoms with E-state index in [0.717, 1.165) is 11.5 Å². The molecule has 0 aromatic carbocycles. The molecule has 0 saturated heterocycles. The first-order valence-corrected chi connectivity index (χ1v) is 8.49. The zero-order valence-corrected chi connectivity index (χ0v) is 14.7. The molecule has 0 aromatic heterocycles. The maximum Gasteiger partial charge on any atom is 0.330 e. The molecule has 2 nitrogen and oxygen atoms in total. The first-order valence-electron chi connectivity index (χ1n) is 8.49. The minimum absolute atomic E-state index is 0.252. The average molecular weight is 294 g/mol. The van der Waals surface area contributed by atoms with E-state index in [1.807, 2.05) is 19.9 Å². The van der Waals surface area contributed by atoms with E-state index in [4.69, 9.17) is 4.74 Å². The van der Waals surface area contributed by atoms with Gasteiger partial charge in [0.05, 0.1) is 6.61 Å². The van der Waals surface area contributed by atoms with E-state index < -0.39 is 0 Å². The van der Waals surface area contributed by atoms with Gasteiger partial charge < -0.3 is 4.74 Å². The minimum Gasteiger partial charge on any atom is -0.463 e. The Hall–Kier alpha value is -1.05. The molecule has 0 radical (unpaired) electrons. The predicted molar refractivity (Wildman–Crippen MR) is 91.2 cm³/mol. The molecule has 0 saturated carbocycles. The van der Waals surface area contributed by atoms with Crippen LogP contribution in [-0.2, 0) is 9.53 Å². The third-order valence-electron chi connectivity index (χ3n) is 3.51. The van der Waals surface area contributed by atoms with Crippen LogP contribution in [0.2, 0.25) is 0 Å². The number of carbonyl (C=O) groups excluding carboxylic acids is 1. The van der Waals surface area contributed by atoms with Crippen LogP contribution in [0.3, 0.4) is 0 Å². The third kappa shape index (κ3) is 13.7. The van der Waals surface area contributed by atoms with Crippen molar-refractivity contribution in [3.05, 3.63) is 23.8 Å². The molecule has 1 unspecified atom stereocenters. The van der Waals surface area contributed by atoms with E-state index in [9.17, 15) is 4.79 Å². The molecule has 2 heteroatoms. The maximum absolute atomic E-state index is 11.3. The van der Waals surface area contributed by atoms with Crippen LogP contribution in [0.1, 0.15) is 73.1 Å². The van der Waals surface area contributed by atoms with Gasteiger partial charge in [-0.05, 0) is 37.7 Å². The summed E-state index contributed by atoms with van der Waals surface area (Å²) in [4.78, 5) is 11.3. The molecule has 122 valence electrons. The summed E-state index contributed by atoms with van der Waals surface area (Å²) in [5.41, 5.74) is 0.956. The fourth-order valence-corrected chi connectivity index (χ4v) is 2.20. The van der Waals surface area contributed by atoms with Gasteiger partial charge in [0.15, 0.2) is 0 Å². The lowest BCUT2D eigenvalue weighted by molar-refractivity contribution is -0.137. The Morgan fingerprint density at radius 2 is 1.67 bits per heavy atom. The molecule has 0 spiro atoms. The fraction of sp³-hybridized carbons (Fsp3) is 0.737. The van der Waals surface area contributed by atoms with Crippen LogP contribution >= 0.6 is 0 Å². The standard InChI is InChI=1S/C19H34O2/c1-6-21-19(20)15-18(5)14-13-17(4)12-10-8-7-9-11-16(2)3/h13-17H,6-12H2,1-5H3/b14-13+,18-15+. The molecule has 0 aromatic rings. The SMILES string of the molecule is CCOC(=O)/C=C(C)/C=C/C(C)CCCCCCC(C)C. The Labute approximate surface area is 131 Å². The van der Waals surface area contributed by atoms with Crippen molar-refractivity contribution in [1.82, 2.24) is 0 Å². The van der Waals surface area contributed by atoms with E-state index in [1.165, 1.54) is 38.5 Å². The van der Waals surface area contributed by atoms with Crippen LogP contribution in [0.25, 0.3) is 0 Å². The minimum atomic E-state index is -0.252. The Morgan fingerprint density at radius 3 is 2.24 bits per heavy atom. The molecule has 1 atom stereocenters. The van der Waals surface area contributed by atoms with Crippen molar-refractivity contribution < 1.29 is 9.53 Å². The fourth-order valence-electron chi connectivity index (χ4n) is 2.20. The maximum atomic E-state index is 11.3. The molecule has 0 aliphatic rings. The van der Waals surface area contributed by atoms with Crippen LogP contribution in [0.5, 0.6) is 0 Å². The van der Waals surface area contributed by atoms with Gasteiger partial charge in [-0.25, -0.2) is 4.79 Å². The molecule has 0 amide bonds. The zero-order chi connectivity index (χ0) is 16.1. The number of hydrogen-bond donors (Lipinski definition) is 0. The van der Waals surface area contributed by atoms with E-state index >= 15 is 0 Å². The monoisotopic (exact) mass is 294 g/mol. The van der Waals surface area contributed by atoms with Gasteiger partial charge in [-0.2, -0.15) is 0 Å². The number of rotatable bonds is 11. The molecule has 0 rings (SSSR count). The molecule has 0 fully saturated rings. The summed E-state index contributed by atoms with van der Waals surface area (Å²) in [6, 6.07) is 0. The average Bonchev–Trinajstić information content (AvgIpc) is 2.40. The van der Waals surface area contributed by atoms with Crippen LogP contribution in [0, 0.1) is 11.8 Å². The number of unbranched alkanes of at least 4 members (excludes halogenated alkanes) is 3. The summed E-state index contributed by atoms with van der Waals surface area (Å²) in [7, 11) is 0. The Bertz CT molecular complexity index is 326. The van der Waals surface area contributed by atoms with Crippen molar-refractivity contribution in [2.24, 2.45) is 11.8 Å². The second kappa shape index (κ2) is 12.7. The predicted octanol–water partition coefficient (Wildman–Crippen LogP) is 5.68. The van der Waals surface area contributed by atoms with Crippen molar-refractivity contribution in [2.75, 3.05) is 6.61 Å². The molecule has 0 N–H and O–H groups in total. The lowest BCUT2D eigenvalue weighted by Gasteiger charge is -2.07. The van der Waals surface area contributed by atoms with E-state index in [0.29, 0.717) is 12.5 Å². The summed E-state index contributed by atoms with van der Waals surface area (Å²) in [5, 5.41) is 0. The molecule has 0 aliphatic carbocycles. The molecule has 0 aliphatic heterocycles. The Balaban J connectivity index is 3.80. The smallest absolute Gasteiger partial charge is 0.330 e. The second-order valence-corrected chi connectivity index (χ2v) is 6.36. The molecule has 0 heterocycles. The highest BCUT2D eigenvalue weighted by molar-refractivity contribution is 5.83. The quantitative estimate of drug-likeness (QED) is 0.212. The lowest BCUT2D eigenvalue weighted by Crippen LogP contribution is -1.99. The number of ether oxygens (including phenoxy) is 1. The van der Waals surface area contributed by atoms with Gasteiger partial charge in [-0.3, -0.25) is 0 Å². The second-order valence-electron chi connectivity index (χ2n) is 6.36. The van der Waals surface area contributed by atoms with Gasteiger partial charge in [-0.1, -0.05) is 65.0 Å². The third-order valence-corrected chi connectivity index (χ3v) is 3.51. The van der Waals surface area contributed by atoms with Crippen molar-refractivity contribution in [1.29, 1.82) is 0 Å². The van der Waals surface area contributed by atoms with Gasteiger partial charge in [0.25, 0.3) is 0 Å². The van der Waals surface area contributed by atoms with Crippen molar-refractivity contribution >= 4 is 5.97 Å². The van der Waals surface area contributed by atoms with Gasteiger partial charge in [0, 0.05) is 6.08 Å². The van der Waals surface area contributed by atoms with Crippen LogP contribution in [0.15, 0.2) is 23.8 Å². The molecule has 0 bridgehead atoms. The highest BCUT2D eigenvalue weighted by Gasteiger charge is 2.00. The van der Waals surface area contributed by atoms with Gasteiger partial charge in [0.1, 0.15) is 0 Å². The highest BCUT2D eigenvalue weighted by atomic mass is 16.5. The number of hydrogen-bond acceptors (Lipinski definition) is 2. The van der Waals surface area contributed by atoms with Crippen molar-refractivity contribution in [3.63, 3.8) is 0 Å². The Kier molecular flexibility index (Phi) is 12.0. The molecular formula is C19H34O2. The van der Waals surface area contributed by atoms with Crippen LogP contribution in [0.4, 0.5) is 0 Å². The number of carbonyl (C=O) groups is 1. The molecule has 21 heavy (non-hydrogen) atoms. The highest BCUT2D eigenvalue weighted by Crippen LogP contribution is 2.15. The number of allylic oxidation sites excluding steroid dienone is 3. The van der Waals surface area contributed by atoms with E-state index in [-0.39, 0.29) is 5.97 Å². The molecular weight excluding hydrogens is 260 g/mol. The normalized spacial score (nSPS) is 13.9. The van der Waals surface area contributed by atoms with Gasteiger partial charge in [0.2, 0.25) is 0 Å². The first-order chi connectivity index (χ1) is 9.95. The van der Waals surface area contributed by atoms with Gasteiger partial charge in [-0.15, -0.1) is 0 Å². The van der Waals surface area contributed by atoms with Crippen LogP contribution in [-0.4, -0.2) is 12.6 Å². The summed E-state index contributed by atoms with van der Waals surface area (Å²) >= 11 is 0. The van der Waals surface area contributed by atoms with E-state index in [1.54, 1.807) is 6.08 Å². The summed E-state index contributed by atoms with van der Waals surface area (Å²) in [6.07, 6.45) is 13.7. The van der Waals surface area contributed by atoms with Crippen LogP contribution < -0.4 is 0 Å². The topological polar surface area (TPSA) is 26.3 Å². The largest absolute Gasteiger partial charge is 0.463 e. The van der Waals surface area contributed by atoms with Crippen molar-refractivity contribution in [2.45, 2.75) is 73.1 Å². The summed E-state index contributed by atoms with van der Waals surface area (Å²) in [6.45, 7) is 11.0. The summed E-state index contributed by atoms with van der Waals surface area (Å²) < 4.78 is 4.89. The number of esters is 1. The Morgan fingerprint density at radius 1 is 1.05 bits per heavy atom. The summed E-state index contributed by atoms with van der Waals surface area (Å²) in [5.74, 6) is 1.15. The van der Waals surface area contributed by atoms with E-state index in [2.05, 4.69) is 26.8 Å². The zero-order valence-electron chi connectivity index (χ0n) is 14.7.